The Morgan fingerprint density at radius 3 is 2.11 bits per heavy atom. The lowest BCUT2D eigenvalue weighted by atomic mass is 9.77. The van der Waals surface area contributed by atoms with Crippen molar-refractivity contribution in [3.63, 3.8) is 0 Å². The Labute approximate surface area is 117 Å². The number of aryl methyl sites for hydroxylation is 1. The van der Waals surface area contributed by atoms with E-state index in [-0.39, 0.29) is 17.2 Å². The Morgan fingerprint density at radius 1 is 1.05 bits per heavy atom. The van der Waals surface area contributed by atoms with Gasteiger partial charge in [0.2, 0.25) is 0 Å². The summed E-state index contributed by atoms with van der Waals surface area (Å²) in [4.78, 5) is 2.51. The third-order valence-corrected chi connectivity index (χ3v) is 4.50. The fourth-order valence-corrected chi connectivity index (χ4v) is 3.86. The van der Waals surface area contributed by atoms with Crippen LogP contribution >= 0.6 is 0 Å². The van der Waals surface area contributed by atoms with Crippen LogP contribution in [0.1, 0.15) is 51.7 Å². The first kappa shape index (κ1) is 14.4. The molecule has 1 aromatic rings. The second-order valence-corrected chi connectivity index (χ2v) is 7.24. The maximum Gasteiger partial charge on any atom is 0.0584 e. The molecule has 1 fully saturated rings. The molecule has 106 valence electrons. The number of hydrogen-bond acceptors (Lipinski definition) is 2. The first-order valence-electron chi connectivity index (χ1n) is 7.20. The van der Waals surface area contributed by atoms with Crippen molar-refractivity contribution in [1.82, 2.24) is 0 Å². The van der Waals surface area contributed by atoms with Gasteiger partial charge in [-0.05, 0) is 71.6 Å². The summed E-state index contributed by atoms with van der Waals surface area (Å²) in [6.45, 7) is 13.3. The van der Waals surface area contributed by atoms with E-state index < -0.39 is 0 Å². The highest BCUT2D eigenvalue weighted by Gasteiger charge is 2.45. The van der Waals surface area contributed by atoms with E-state index in [1.165, 1.54) is 16.8 Å². The molecule has 19 heavy (non-hydrogen) atoms. The minimum atomic E-state index is -0.202. The molecule has 1 aromatic carbocycles. The number of piperidine rings is 1. The Balaban J connectivity index is 2.54. The molecule has 1 aliphatic rings. The monoisotopic (exact) mass is 261 g/mol. The van der Waals surface area contributed by atoms with Crippen LogP contribution in [-0.2, 0) is 0 Å². The molecule has 0 unspecified atom stereocenters. The Morgan fingerprint density at radius 2 is 1.58 bits per heavy atom. The fourth-order valence-electron chi connectivity index (χ4n) is 3.86. The first-order valence-corrected chi connectivity index (χ1v) is 7.20. The van der Waals surface area contributed by atoms with Gasteiger partial charge in [-0.1, -0.05) is 12.1 Å². The van der Waals surface area contributed by atoms with Gasteiger partial charge in [0.05, 0.1) is 6.10 Å². The van der Waals surface area contributed by atoms with Gasteiger partial charge >= 0.3 is 0 Å². The summed E-state index contributed by atoms with van der Waals surface area (Å²) in [6, 6.07) is 6.51. The molecule has 1 heterocycles. The molecule has 1 N–H and O–H groups in total. The fraction of sp³-hybridized carbons (Fsp3) is 0.647. The number of aliphatic hydroxyl groups is 1. The molecule has 1 aliphatic heterocycles. The molecule has 0 spiro atoms. The van der Waals surface area contributed by atoms with E-state index in [1.54, 1.807) is 0 Å². The predicted octanol–water partition coefficient (Wildman–Crippen LogP) is 3.82. The number of benzene rings is 1. The third-order valence-electron chi connectivity index (χ3n) is 4.50. The highest BCUT2D eigenvalue weighted by atomic mass is 16.3. The molecule has 0 saturated carbocycles. The van der Waals surface area contributed by atoms with Gasteiger partial charge in [-0.25, -0.2) is 0 Å². The summed E-state index contributed by atoms with van der Waals surface area (Å²) >= 11 is 0. The van der Waals surface area contributed by atoms with Gasteiger partial charge in [0, 0.05) is 16.8 Å². The van der Waals surface area contributed by atoms with Crippen molar-refractivity contribution in [3.8, 4) is 0 Å². The summed E-state index contributed by atoms with van der Waals surface area (Å²) < 4.78 is 0. The van der Waals surface area contributed by atoms with Crippen LogP contribution < -0.4 is 4.90 Å². The van der Waals surface area contributed by atoms with Crippen molar-refractivity contribution < 1.29 is 5.11 Å². The zero-order chi connectivity index (χ0) is 14.4. The molecule has 1 saturated heterocycles. The van der Waals surface area contributed by atoms with Crippen LogP contribution in [0.25, 0.3) is 0 Å². The van der Waals surface area contributed by atoms with E-state index in [9.17, 15) is 5.11 Å². The highest BCUT2D eigenvalue weighted by molar-refractivity contribution is 5.60. The molecule has 0 radical (unpaired) electrons. The molecule has 0 bridgehead atoms. The van der Waals surface area contributed by atoms with Crippen molar-refractivity contribution in [2.24, 2.45) is 0 Å². The average Bonchev–Trinajstić information content (AvgIpc) is 2.20. The first-order chi connectivity index (χ1) is 8.65. The summed E-state index contributed by atoms with van der Waals surface area (Å²) in [6.07, 6.45) is 1.44. The standard InChI is InChI=1S/C17H27NO/c1-12-8-7-9-15(13(12)2)18-16(3,4)10-14(19)11-17(18,5)6/h7-9,14,19H,10-11H2,1-6H3. The van der Waals surface area contributed by atoms with Crippen LogP contribution in [0.5, 0.6) is 0 Å². The number of rotatable bonds is 1. The second-order valence-electron chi connectivity index (χ2n) is 7.24. The largest absolute Gasteiger partial charge is 0.393 e. The number of nitrogens with zero attached hydrogens (tertiary/aromatic N) is 1. The van der Waals surface area contributed by atoms with Crippen LogP contribution in [0, 0.1) is 13.8 Å². The smallest absolute Gasteiger partial charge is 0.0584 e. The predicted molar refractivity (Wildman–Crippen MR) is 81.8 cm³/mol. The maximum absolute atomic E-state index is 10.1. The molecule has 0 aromatic heterocycles. The number of hydrogen-bond donors (Lipinski definition) is 1. The van der Waals surface area contributed by atoms with Crippen LogP contribution in [0.4, 0.5) is 5.69 Å². The molecule has 2 rings (SSSR count). The average molecular weight is 261 g/mol. The maximum atomic E-state index is 10.1. The quantitative estimate of drug-likeness (QED) is 0.830. The van der Waals surface area contributed by atoms with E-state index in [1.807, 2.05) is 0 Å². The SMILES string of the molecule is Cc1cccc(N2C(C)(C)CC(O)CC2(C)C)c1C. The lowest BCUT2D eigenvalue weighted by Crippen LogP contribution is -2.62. The van der Waals surface area contributed by atoms with E-state index in [4.69, 9.17) is 0 Å². The van der Waals surface area contributed by atoms with Crippen molar-refractivity contribution in [1.29, 1.82) is 0 Å². The van der Waals surface area contributed by atoms with Gasteiger partial charge < -0.3 is 10.0 Å². The zero-order valence-corrected chi connectivity index (χ0v) is 13.1. The normalized spacial score (nSPS) is 22.6. The molecule has 2 heteroatoms. The Kier molecular flexibility index (Phi) is 3.42. The summed E-state index contributed by atoms with van der Waals surface area (Å²) in [5.41, 5.74) is 3.93. The zero-order valence-electron chi connectivity index (χ0n) is 13.1. The van der Waals surface area contributed by atoms with Crippen molar-refractivity contribution in [2.75, 3.05) is 4.90 Å². The topological polar surface area (TPSA) is 23.5 Å². The van der Waals surface area contributed by atoms with Gasteiger partial charge in [-0.2, -0.15) is 0 Å². The van der Waals surface area contributed by atoms with Crippen molar-refractivity contribution in [2.45, 2.75) is 71.6 Å². The highest BCUT2D eigenvalue weighted by Crippen LogP contribution is 2.43. The van der Waals surface area contributed by atoms with Crippen molar-refractivity contribution in [3.05, 3.63) is 29.3 Å². The summed E-state index contributed by atoms with van der Waals surface area (Å²) in [7, 11) is 0. The number of anilines is 1. The summed E-state index contributed by atoms with van der Waals surface area (Å²) in [5, 5.41) is 10.1. The molecule has 0 amide bonds. The van der Waals surface area contributed by atoms with Crippen LogP contribution in [-0.4, -0.2) is 22.3 Å². The summed E-state index contributed by atoms with van der Waals surface area (Å²) in [5.74, 6) is 0. The van der Waals surface area contributed by atoms with E-state index >= 15 is 0 Å². The molecular weight excluding hydrogens is 234 g/mol. The van der Waals surface area contributed by atoms with Gasteiger partial charge in [0.1, 0.15) is 0 Å². The second kappa shape index (κ2) is 4.52. The lowest BCUT2D eigenvalue weighted by molar-refractivity contribution is 0.0648. The van der Waals surface area contributed by atoms with Gasteiger partial charge in [-0.3, -0.25) is 0 Å². The Hall–Kier alpha value is -1.02. The minimum absolute atomic E-state index is 0.0281. The van der Waals surface area contributed by atoms with Crippen LogP contribution in [0.2, 0.25) is 0 Å². The van der Waals surface area contributed by atoms with E-state index in [2.05, 4.69) is 64.6 Å². The van der Waals surface area contributed by atoms with Gasteiger partial charge in [0.15, 0.2) is 0 Å². The van der Waals surface area contributed by atoms with Gasteiger partial charge in [0.25, 0.3) is 0 Å². The Bertz CT molecular complexity index is 458. The molecule has 0 atom stereocenters. The van der Waals surface area contributed by atoms with Crippen LogP contribution in [0.3, 0.4) is 0 Å². The molecular formula is C17H27NO. The lowest BCUT2D eigenvalue weighted by Gasteiger charge is -2.56. The van der Waals surface area contributed by atoms with Crippen molar-refractivity contribution >= 4 is 5.69 Å². The van der Waals surface area contributed by atoms with E-state index in [0.717, 1.165) is 12.8 Å². The van der Waals surface area contributed by atoms with E-state index in [0.29, 0.717) is 0 Å². The molecule has 0 aliphatic carbocycles. The van der Waals surface area contributed by atoms with Gasteiger partial charge in [-0.15, -0.1) is 0 Å². The minimum Gasteiger partial charge on any atom is -0.393 e. The number of aliphatic hydroxyl groups excluding tert-OH is 1. The molecule has 2 nitrogen and oxygen atoms in total. The van der Waals surface area contributed by atoms with Crippen LogP contribution in [0.15, 0.2) is 18.2 Å². The third kappa shape index (κ3) is 2.51.